The fourth-order valence-electron chi connectivity index (χ4n) is 1.06. The number of phenols is 1. The average molecular weight is 240 g/mol. The van der Waals surface area contributed by atoms with Crippen LogP contribution in [0.25, 0.3) is 0 Å². The summed E-state index contributed by atoms with van der Waals surface area (Å²) in [6.07, 6.45) is 0.328. The zero-order valence-corrected chi connectivity index (χ0v) is 8.69. The third-order valence-corrected chi connectivity index (χ3v) is 1.89. The molecule has 82 valence electrons. The highest BCUT2D eigenvalue weighted by atomic mass is 35.5. The van der Waals surface area contributed by atoms with Gasteiger partial charge in [-0.25, -0.2) is 0 Å². The van der Waals surface area contributed by atoms with Crippen molar-refractivity contribution in [2.24, 2.45) is 0 Å². The van der Waals surface area contributed by atoms with E-state index < -0.39 is 4.92 Å². The van der Waals surface area contributed by atoms with Crippen LogP contribution in [0.2, 0.25) is 0 Å². The Hall–Kier alpha value is -2.06. The summed E-state index contributed by atoms with van der Waals surface area (Å²) < 4.78 is 0. The van der Waals surface area contributed by atoms with Gasteiger partial charge in [0.15, 0.2) is 6.29 Å². The molecule has 0 aromatic heterocycles. The second-order valence-electron chi connectivity index (χ2n) is 2.74. The van der Waals surface area contributed by atoms with E-state index in [1.807, 2.05) is 0 Å². The van der Waals surface area contributed by atoms with Gasteiger partial charge in [0.1, 0.15) is 5.75 Å². The zero-order chi connectivity index (χ0) is 12.1. The summed E-state index contributed by atoms with van der Waals surface area (Å²) in [6.45, 7) is 0. The number of nitrogens with zero attached hydrogens (tertiary/aromatic N) is 1. The lowest BCUT2D eigenvalue weighted by atomic mass is 10.1. The highest BCUT2D eigenvalue weighted by Crippen LogP contribution is 2.26. The SMILES string of the molecule is O=Cc1cc([N+](=O)[O-])cc(C#CCCl)c1O. The maximum absolute atomic E-state index is 10.6. The number of carbonyl (C=O) groups is 1. The number of non-ortho nitro benzene ring substituents is 1. The molecular weight excluding hydrogens is 234 g/mol. The van der Waals surface area contributed by atoms with Gasteiger partial charge in [-0.3, -0.25) is 14.9 Å². The van der Waals surface area contributed by atoms with Crippen LogP contribution in [0.4, 0.5) is 5.69 Å². The maximum atomic E-state index is 10.6. The van der Waals surface area contributed by atoms with E-state index in [4.69, 9.17) is 11.6 Å². The summed E-state index contributed by atoms with van der Waals surface area (Å²) in [7, 11) is 0. The summed E-state index contributed by atoms with van der Waals surface area (Å²) in [4.78, 5) is 20.4. The van der Waals surface area contributed by atoms with Gasteiger partial charge < -0.3 is 5.11 Å². The van der Waals surface area contributed by atoms with Crippen LogP contribution < -0.4 is 0 Å². The highest BCUT2D eigenvalue weighted by molar-refractivity contribution is 6.19. The lowest BCUT2D eigenvalue weighted by molar-refractivity contribution is -0.384. The normalized spacial score (nSPS) is 9.06. The Bertz CT molecular complexity index is 502. The van der Waals surface area contributed by atoms with Crippen LogP contribution >= 0.6 is 11.6 Å². The molecule has 0 aliphatic carbocycles. The van der Waals surface area contributed by atoms with Crippen LogP contribution in [-0.2, 0) is 0 Å². The molecule has 0 saturated carbocycles. The Balaban J connectivity index is 3.41. The quantitative estimate of drug-likeness (QED) is 0.280. The monoisotopic (exact) mass is 239 g/mol. The predicted molar refractivity (Wildman–Crippen MR) is 57.7 cm³/mol. The Morgan fingerprint density at radius 1 is 1.56 bits per heavy atom. The summed E-state index contributed by atoms with van der Waals surface area (Å²) in [5.41, 5.74) is -0.469. The number of nitro benzene ring substituents is 1. The van der Waals surface area contributed by atoms with Crippen molar-refractivity contribution in [2.45, 2.75) is 0 Å². The lowest BCUT2D eigenvalue weighted by Gasteiger charge is -2.00. The number of rotatable bonds is 2. The fourth-order valence-corrected chi connectivity index (χ4v) is 1.13. The molecule has 1 rings (SSSR count). The number of carbonyl (C=O) groups excluding carboxylic acids is 1. The van der Waals surface area contributed by atoms with E-state index in [0.29, 0.717) is 6.29 Å². The smallest absolute Gasteiger partial charge is 0.271 e. The van der Waals surface area contributed by atoms with E-state index in [1.54, 1.807) is 0 Å². The van der Waals surface area contributed by atoms with Gasteiger partial charge in [-0.1, -0.05) is 11.8 Å². The van der Waals surface area contributed by atoms with Crippen molar-refractivity contribution in [2.75, 3.05) is 5.88 Å². The minimum absolute atomic E-state index is 0.0111. The van der Waals surface area contributed by atoms with Crippen molar-refractivity contribution in [1.29, 1.82) is 0 Å². The molecule has 0 atom stereocenters. The number of alkyl halides is 1. The van der Waals surface area contributed by atoms with E-state index in [0.717, 1.165) is 12.1 Å². The minimum atomic E-state index is -0.668. The standard InChI is InChI=1S/C10H6ClNO4/c11-3-1-2-7-4-9(12(15)16)5-8(6-13)10(7)14/h4-6,14H,3H2. The molecule has 0 heterocycles. The summed E-state index contributed by atoms with van der Waals surface area (Å²) in [5, 5.41) is 20.1. The first-order valence-corrected chi connectivity index (χ1v) is 4.65. The molecule has 0 aliphatic rings. The number of nitro groups is 1. The third kappa shape index (κ3) is 2.49. The molecule has 0 bridgehead atoms. The highest BCUT2D eigenvalue weighted by Gasteiger charge is 2.14. The minimum Gasteiger partial charge on any atom is -0.506 e. The number of aromatic hydroxyl groups is 1. The van der Waals surface area contributed by atoms with Gasteiger partial charge in [0.2, 0.25) is 0 Å². The molecule has 16 heavy (non-hydrogen) atoms. The molecule has 5 nitrogen and oxygen atoms in total. The van der Waals surface area contributed by atoms with Gasteiger partial charge in [-0.15, -0.1) is 11.6 Å². The number of halogens is 1. The predicted octanol–water partition coefficient (Wildman–Crippen LogP) is 1.70. The topological polar surface area (TPSA) is 80.4 Å². The molecule has 0 fully saturated rings. The largest absolute Gasteiger partial charge is 0.506 e. The molecular formula is C10H6ClNO4. The second-order valence-corrected chi connectivity index (χ2v) is 3.01. The van der Waals surface area contributed by atoms with Crippen molar-refractivity contribution in [3.63, 3.8) is 0 Å². The van der Waals surface area contributed by atoms with Crippen molar-refractivity contribution >= 4 is 23.6 Å². The second kappa shape index (κ2) is 5.14. The summed E-state index contributed by atoms with van der Waals surface area (Å²) in [5.74, 6) is 4.53. The molecule has 1 aromatic carbocycles. The van der Waals surface area contributed by atoms with E-state index in [2.05, 4.69) is 11.8 Å². The van der Waals surface area contributed by atoms with Gasteiger partial charge in [-0.2, -0.15) is 0 Å². The number of aldehydes is 1. The van der Waals surface area contributed by atoms with Gasteiger partial charge in [0.25, 0.3) is 5.69 Å². The van der Waals surface area contributed by atoms with E-state index >= 15 is 0 Å². The molecule has 6 heteroatoms. The zero-order valence-electron chi connectivity index (χ0n) is 7.94. The summed E-state index contributed by atoms with van der Waals surface area (Å²) >= 11 is 5.32. The first-order valence-electron chi connectivity index (χ1n) is 4.11. The van der Waals surface area contributed by atoms with Crippen LogP contribution in [0, 0.1) is 22.0 Å². The van der Waals surface area contributed by atoms with Crippen LogP contribution in [0.3, 0.4) is 0 Å². The Labute approximate surface area is 95.8 Å². The first kappa shape index (κ1) is 12.0. The Morgan fingerprint density at radius 2 is 2.25 bits per heavy atom. The molecule has 0 radical (unpaired) electrons. The number of hydrogen-bond acceptors (Lipinski definition) is 4. The molecule has 1 aromatic rings. The molecule has 0 aliphatic heterocycles. The maximum Gasteiger partial charge on any atom is 0.271 e. The van der Waals surface area contributed by atoms with Crippen LogP contribution in [-0.4, -0.2) is 22.2 Å². The van der Waals surface area contributed by atoms with E-state index in [-0.39, 0.29) is 28.4 Å². The van der Waals surface area contributed by atoms with E-state index in [1.165, 1.54) is 0 Å². The first-order chi connectivity index (χ1) is 7.60. The van der Waals surface area contributed by atoms with Crippen molar-refractivity contribution in [1.82, 2.24) is 0 Å². The van der Waals surface area contributed by atoms with Crippen LogP contribution in [0.5, 0.6) is 5.75 Å². The Kier molecular flexibility index (Phi) is 3.86. The molecule has 0 amide bonds. The number of phenolic OH excluding ortho intramolecular Hbond substituents is 1. The molecule has 0 saturated heterocycles. The molecule has 0 spiro atoms. The van der Waals surface area contributed by atoms with E-state index in [9.17, 15) is 20.0 Å². The average Bonchev–Trinajstić information content (AvgIpc) is 2.27. The van der Waals surface area contributed by atoms with Crippen LogP contribution in [0.1, 0.15) is 15.9 Å². The van der Waals surface area contributed by atoms with Gasteiger partial charge >= 0.3 is 0 Å². The Morgan fingerprint density at radius 3 is 2.75 bits per heavy atom. The van der Waals surface area contributed by atoms with Gasteiger partial charge in [-0.05, 0) is 0 Å². The van der Waals surface area contributed by atoms with Gasteiger partial charge in [0, 0.05) is 12.1 Å². The summed E-state index contributed by atoms with van der Waals surface area (Å²) in [6, 6.07) is 2.07. The fraction of sp³-hybridized carbons (Fsp3) is 0.100. The number of hydrogen-bond donors (Lipinski definition) is 1. The third-order valence-electron chi connectivity index (χ3n) is 1.75. The van der Waals surface area contributed by atoms with Gasteiger partial charge in [0.05, 0.1) is 21.9 Å². The van der Waals surface area contributed by atoms with Crippen LogP contribution in [0.15, 0.2) is 12.1 Å². The molecule has 1 N–H and O–H groups in total. The van der Waals surface area contributed by atoms with Crippen molar-refractivity contribution in [3.05, 3.63) is 33.4 Å². The molecule has 0 unspecified atom stereocenters. The number of benzene rings is 1. The lowest BCUT2D eigenvalue weighted by Crippen LogP contribution is -1.93. The van der Waals surface area contributed by atoms with Crippen molar-refractivity contribution in [3.8, 4) is 17.6 Å². The van der Waals surface area contributed by atoms with Crippen molar-refractivity contribution < 1.29 is 14.8 Å².